The molecular weight excluding hydrogens is 252 g/mol. The van der Waals surface area contributed by atoms with E-state index in [0.29, 0.717) is 13.0 Å². The molecule has 0 bridgehead atoms. The molecule has 0 heterocycles. The van der Waals surface area contributed by atoms with E-state index in [-0.39, 0.29) is 12.4 Å². The predicted octanol–water partition coefficient (Wildman–Crippen LogP) is -2.20. The number of rotatable bonds is 7. The molecule has 0 rings (SSSR count). The Labute approximate surface area is 99.0 Å². The average molecular weight is 268 g/mol. The number of nitrogens with zero attached hydrogens (tertiary/aromatic N) is 1. The summed E-state index contributed by atoms with van der Waals surface area (Å²) in [5, 5.41) is 0. The lowest BCUT2D eigenvalue weighted by atomic mass is 10.2. The van der Waals surface area contributed by atoms with E-state index >= 15 is 0 Å². The highest BCUT2D eigenvalue weighted by atomic mass is 32.2. The van der Waals surface area contributed by atoms with Gasteiger partial charge in [0.05, 0.1) is 6.26 Å². The molecule has 100 valence electrons. The Kier molecular flexibility index (Phi) is 6.46. The third kappa shape index (κ3) is 9.53. The summed E-state index contributed by atoms with van der Waals surface area (Å²) >= 11 is 0. The van der Waals surface area contributed by atoms with Crippen LogP contribution in [0.25, 0.3) is 0 Å². The van der Waals surface area contributed by atoms with E-state index in [0.717, 1.165) is 6.26 Å². The summed E-state index contributed by atoms with van der Waals surface area (Å²) in [6.45, 7) is 0.316. The Morgan fingerprint density at radius 2 is 2.00 bits per heavy atom. The molecule has 17 heavy (non-hydrogen) atoms. The summed E-state index contributed by atoms with van der Waals surface area (Å²) in [6.07, 6.45) is 1.43. The molecule has 0 unspecified atom stereocenters. The summed E-state index contributed by atoms with van der Waals surface area (Å²) in [6, 6.07) is -0.994. The van der Waals surface area contributed by atoms with E-state index < -0.39 is 22.1 Å². The molecule has 0 aromatic carbocycles. The zero-order chi connectivity index (χ0) is 13.5. The van der Waals surface area contributed by atoms with Crippen molar-refractivity contribution < 1.29 is 22.4 Å². The van der Waals surface area contributed by atoms with Gasteiger partial charge in [-0.3, -0.25) is 9.88 Å². The summed E-state index contributed by atoms with van der Waals surface area (Å²) in [4.78, 5) is 18.8. The van der Waals surface area contributed by atoms with Crippen LogP contribution in [-0.2, 0) is 24.1 Å². The van der Waals surface area contributed by atoms with Gasteiger partial charge in [-0.25, -0.2) is 4.79 Å². The van der Waals surface area contributed by atoms with Gasteiger partial charge < -0.3 is 17.2 Å². The van der Waals surface area contributed by atoms with E-state index in [1.54, 1.807) is 0 Å². The molecule has 0 amide bonds. The van der Waals surface area contributed by atoms with Crippen molar-refractivity contribution in [3.63, 3.8) is 0 Å². The number of hydrogen-bond donors (Lipinski definition) is 3. The molecule has 0 aliphatic heterocycles. The van der Waals surface area contributed by atoms with Crippen LogP contribution in [0.2, 0.25) is 0 Å². The highest BCUT2D eigenvalue weighted by Gasteiger charge is 2.18. The maximum atomic E-state index is 11.1. The third-order valence-electron chi connectivity index (χ3n) is 1.51. The molecule has 0 saturated heterocycles. The summed E-state index contributed by atoms with van der Waals surface area (Å²) < 4.78 is 24.8. The minimum absolute atomic E-state index is 0.0541. The van der Waals surface area contributed by atoms with Gasteiger partial charge in [0.25, 0.3) is 10.1 Å². The lowest BCUT2D eigenvalue weighted by molar-refractivity contribution is -0.212. The van der Waals surface area contributed by atoms with Crippen molar-refractivity contribution in [2.75, 3.05) is 12.8 Å². The van der Waals surface area contributed by atoms with Crippen LogP contribution in [-0.4, -0.2) is 39.2 Å². The maximum Gasteiger partial charge on any atom is 0.360 e. The number of hydrogen-bond acceptors (Lipinski definition) is 7. The zero-order valence-corrected chi connectivity index (χ0v) is 10.1. The maximum absolute atomic E-state index is 11.1. The van der Waals surface area contributed by atoms with Crippen LogP contribution in [0.5, 0.6) is 0 Å². The van der Waals surface area contributed by atoms with Gasteiger partial charge >= 0.3 is 5.97 Å². The van der Waals surface area contributed by atoms with Gasteiger partial charge in [0.1, 0.15) is 6.04 Å². The first-order chi connectivity index (χ1) is 7.72. The van der Waals surface area contributed by atoms with Gasteiger partial charge in [0, 0.05) is 6.54 Å². The molecule has 0 radical (unpaired) electrons. The second-order valence-corrected chi connectivity index (χ2v) is 4.77. The molecule has 0 aromatic heterocycles. The van der Waals surface area contributed by atoms with Crippen molar-refractivity contribution in [3.8, 4) is 0 Å². The van der Waals surface area contributed by atoms with Gasteiger partial charge in [-0.15, -0.1) is 0 Å². The van der Waals surface area contributed by atoms with Crippen molar-refractivity contribution in [1.29, 1.82) is 0 Å². The van der Waals surface area contributed by atoms with Gasteiger partial charge in [-0.2, -0.15) is 8.42 Å². The minimum atomic E-state index is -3.84. The summed E-state index contributed by atoms with van der Waals surface area (Å²) in [5.74, 6) is -1.03. The Balaban J connectivity index is 3.87. The van der Waals surface area contributed by atoms with Crippen molar-refractivity contribution in [2.45, 2.75) is 18.9 Å². The van der Waals surface area contributed by atoms with E-state index in [1.807, 2.05) is 0 Å². The summed E-state index contributed by atoms with van der Waals surface area (Å²) in [7, 11) is -3.84. The van der Waals surface area contributed by atoms with E-state index in [1.165, 1.54) is 0 Å². The molecular formula is C7H16N4O5S. The highest BCUT2D eigenvalue weighted by Crippen LogP contribution is 1.99. The lowest BCUT2D eigenvalue weighted by Gasteiger charge is -2.08. The molecule has 0 spiro atoms. The van der Waals surface area contributed by atoms with Gasteiger partial charge in [0.15, 0.2) is 5.96 Å². The molecule has 0 aliphatic carbocycles. The Morgan fingerprint density at radius 1 is 1.41 bits per heavy atom. The lowest BCUT2D eigenvalue weighted by Crippen LogP contribution is -2.33. The average Bonchev–Trinajstić information content (AvgIpc) is 2.19. The van der Waals surface area contributed by atoms with Crippen LogP contribution in [0.4, 0.5) is 0 Å². The molecule has 9 nitrogen and oxygen atoms in total. The van der Waals surface area contributed by atoms with E-state index in [9.17, 15) is 13.2 Å². The van der Waals surface area contributed by atoms with E-state index in [2.05, 4.69) is 14.2 Å². The monoisotopic (exact) mass is 268 g/mol. The normalized spacial score (nSPS) is 12.8. The molecule has 0 aromatic rings. The van der Waals surface area contributed by atoms with Crippen LogP contribution in [0.15, 0.2) is 4.99 Å². The van der Waals surface area contributed by atoms with Crippen molar-refractivity contribution in [3.05, 3.63) is 0 Å². The number of aliphatic imine (C=N–C) groups is 1. The van der Waals surface area contributed by atoms with Crippen molar-refractivity contribution in [2.24, 2.45) is 22.2 Å². The molecule has 0 fully saturated rings. The van der Waals surface area contributed by atoms with Crippen LogP contribution < -0.4 is 17.2 Å². The largest absolute Gasteiger partial charge is 0.370 e. The smallest absolute Gasteiger partial charge is 0.360 e. The fraction of sp³-hybridized carbons (Fsp3) is 0.714. The quantitative estimate of drug-likeness (QED) is 0.154. The third-order valence-corrected chi connectivity index (χ3v) is 1.83. The number of nitrogens with two attached hydrogens (primary N) is 3. The number of guanidine groups is 1. The molecule has 10 heteroatoms. The first kappa shape index (κ1) is 15.6. The molecule has 6 N–H and O–H groups in total. The Bertz CT molecular complexity index is 376. The zero-order valence-electron chi connectivity index (χ0n) is 9.33. The van der Waals surface area contributed by atoms with Crippen LogP contribution >= 0.6 is 0 Å². The van der Waals surface area contributed by atoms with Crippen LogP contribution in [0, 0.1) is 0 Å². The van der Waals surface area contributed by atoms with Crippen LogP contribution in [0.3, 0.4) is 0 Å². The van der Waals surface area contributed by atoms with Gasteiger partial charge in [-0.05, 0) is 12.8 Å². The standard InChI is InChI=1S/C7H16N4O5S/c1-17(13,14)16-15-6(12)5(8)3-2-4-11-7(9)10/h5H,2-4,8H2,1H3,(H4,9,10,11)/t5-/m1/s1. The minimum Gasteiger partial charge on any atom is -0.370 e. The van der Waals surface area contributed by atoms with Gasteiger partial charge in [-0.1, -0.05) is 4.33 Å². The fourth-order valence-corrected chi connectivity index (χ4v) is 0.985. The topological polar surface area (TPSA) is 160 Å². The van der Waals surface area contributed by atoms with Crippen molar-refractivity contribution in [1.82, 2.24) is 0 Å². The number of carbonyl (C=O) groups is 1. The number of carbonyl (C=O) groups excluding carboxylic acids is 1. The SMILES string of the molecule is CS(=O)(=O)OOC(=O)[C@H](N)CCCN=C(N)N. The van der Waals surface area contributed by atoms with E-state index in [4.69, 9.17) is 17.2 Å². The van der Waals surface area contributed by atoms with Crippen LogP contribution in [0.1, 0.15) is 12.8 Å². The highest BCUT2D eigenvalue weighted by molar-refractivity contribution is 7.85. The van der Waals surface area contributed by atoms with Crippen molar-refractivity contribution >= 4 is 22.0 Å². The molecule has 1 atom stereocenters. The first-order valence-electron chi connectivity index (χ1n) is 4.63. The molecule has 0 aliphatic rings. The predicted molar refractivity (Wildman–Crippen MR) is 59.9 cm³/mol. The second-order valence-electron chi connectivity index (χ2n) is 3.23. The summed E-state index contributed by atoms with van der Waals surface area (Å²) in [5.41, 5.74) is 15.6. The second kappa shape index (κ2) is 7.04. The Hall–Kier alpha value is -1.39. The Morgan fingerprint density at radius 3 is 2.47 bits per heavy atom. The van der Waals surface area contributed by atoms with Gasteiger partial charge in [0.2, 0.25) is 0 Å². The molecule has 0 saturated carbocycles. The first-order valence-corrected chi connectivity index (χ1v) is 6.45. The fourth-order valence-electron chi connectivity index (χ4n) is 0.794.